The molecule has 0 spiro atoms. The summed E-state index contributed by atoms with van der Waals surface area (Å²) in [5, 5.41) is 19.2. The molecular formula is C23H21F2N9O10P2S2. The van der Waals surface area contributed by atoms with Gasteiger partial charge in [0.2, 0.25) is 5.78 Å². The molecule has 2 unspecified atom stereocenters. The van der Waals surface area contributed by atoms with Crippen LogP contribution in [0, 0.1) is 10.1 Å². The molecule has 4 aromatic heterocycles. The second-order valence-electron chi connectivity index (χ2n) is 10.9. The Morgan fingerprint density at radius 2 is 1.85 bits per heavy atom. The molecule has 5 aromatic rings. The van der Waals surface area contributed by atoms with Crippen molar-refractivity contribution in [2.24, 2.45) is 0 Å². The Balaban J connectivity index is 1.10. The predicted octanol–water partition coefficient (Wildman–Crippen LogP) is 2.98. The summed E-state index contributed by atoms with van der Waals surface area (Å²) in [5.41, 5.74) is 0.400. The molecule has 254 valence electrons. The van der Waals surface area contributed by atoms with Crippen LogP contribution in [0.15, 0.2) is 43.1 Å². The van der Waals surface area contributed by atoms with Crippen molar-refractivity contribution in [1.82, 2.24) is 38.9 Å². The van der Waals surface area contributed by atoms with Crippen molar-refractivity contribution in [3.8, 4) is 0 Å². The zero-order chi connectivity index (χ0) is 33.5. The number of fused-ring (bicyclic) bond motifs is 7. The van der Waals surface area contributed by atoms with Crippen molar-refractivity contribution in [2.75, 3.05) is 13.2 Å². The molecule has 25 heteroatoms. The smallest absolute Gasteiger partial charge is 0.346 e. The van der Waals surface area contributed by atoms with Gasteiger partial charge >= 0.3 is 13.5 Å². The van der Waals surface area contributed by atoms with E-state index in [4.69, 9.17) is 39.4 Å². The van der Waals surface area contributed by atoms with Crippen molar-refractivity contribution in [2.45, 2.75) is 49.2 Å². The Labute approximate surface area is 276 Å². The number of alkyl halides is 2. The maximum absolute atomic E-state index is 16.1. The molecule has 19 nitrogen and oxygen atoms in total. The molecule has 3 fully saturated rings. The molecule has 1 N–H and O–H groups in total. The quantitative estimate of drug-likeness (QED) is 0.117. The first kappa shape index (κ1) is 32.1. The Kier molecular flexibility index (Phi) is 7.88. The standard InChI is InChI=1S/C23H21F2N9O10P2S2/c24-15-13-7-39-45(37,47)43-18-14(42-21(16(18)25)31-6-12-20(27-9-31)28-23-26-4-5-32(12)23)8-40-46(38,48)44-19(15)22(41-13)33-10-2-1-3-11(34(35)36)17(10)29-30-33/h1-6,9,13-16,18-19,21-22H,7-8H2,(H,37,47)(H,38,48)/t13-,14-,15-,16-,18-,19-,21-,22-,45?,46?/m1/s1. The van der Waals surface area contributed by atoms with Crippen molar-refractivity contribution in [1.29, 1.82) is 0 Å². The van der Waals surface area contributed by atoms with Crippen LogP contribution in [0.5, 0.6) is 0 Å². The van der Waals surface area contributed by atoms with Gasteiger partial charge in [0.05, 0.1) is 30.0 Å². The topological polar surface area (TPSA) is 215 Å². The van der Waals surface area contributed by atoms with Crippen LogP contribution in [0.4, 0.5) is 14.5 Å². The fourth-order valence-electron chi connectivity index (χ4n) is 5.80. The molecule has 3 aliphatic rings. The molecular weight excluding hydrogens is 726 g/mol. The van der Waals surface area contributed by atoms with Gasteiger partial charge in [-0.05, 0) is 17.9 Å². The molecule has 7 heterocycles. The third-order valence-corrected chi connectivity index (χ3v) is 11.1. The maximum atomic E-state index is 16.1. The van der Waals surface area contributed by atoms with E-state index in [0.717, 1.165) is 4.68 Å². The number of thiol groups is 1. The van der Waals surface area contributed by atoms with Gasteiger partial charge in [-0.1, -0.05) is 23.5 Å². The van der Waals surface area contributed by atoms with E-state index < -0.39 is 80.9 Å². The van der Waals surface area contributed by atoms with Gasteiger partial charge in [0.1, 0.15) is 29.9 Å². The normalized spacial score (nSPS) is 36.2. The first-order valence-corrected chi connectivity index (χ1v) is 19.2. The van der Waals surface area contributed by atoms with Gasteiger partial charge in [-0.3, -0.25) is 28.1 Å². The van der Waals surface area contributed by atoms with Crippen molar-refractivity contribution in [3.05, 3.63) is 53.2 Å². The van der Waals surface area contributed by atoms with Gasteiger partial charge in [-0.15, -0.1) is 5.10 Å². The summed E-state index contributed by atoms with van der Waals surface area (Å²) < 4.78 is 83.2. The first-order valence-electron chi connectivity index (χ1n) is 13.9. The Morgan fingerprint density at radius 3 is 2.67 bits per heavy atom. The largest absolute Gasteiger partial charge is 0.386 e. The summed E-state index contributed by atoms with van der Waals surface area (Å²) in [6.45, 7) is -10.3. The van der Waals surface area contributed by atoms with Crippen LogP contribution in [-0.4, -0.2) is 98.7 Å². The molecule has 0 radical (unpaired) electrons. The van der Waals surface area contributed by atoms with Crippen LogP contribution >= 0.6 is 25.8 Å². The Morgan fingerprint density at radius 1 is 1.06 bits per heavy atom. The molecule has 1 aromatic carbocycles. The van der Waals surface area contributed by atoms with Crippen LogP contribution in [-0.2, 0) is 43.9 Å². The molecule has 48 heavy (non-hydrogen) atoms. The molecule has 8 rings (SSSR count). The number of ether oxygens (including phenoxy) is 2. The highest BCUT2D eigenvalue weighted by Crippen LogP contribution is 2.58. The maximum Gasteiger partial charge on any atom is 0.386 e. The average Bonchev–Trinajstić information content (AvgIpc) is 3.85. The highest BCUT2D eigenvalue weighted by Gasteiger charge is 2.54. The van der Waals surface area contributed by atoms with Crippen LogP contribution < -0.4 is 0 Å². The lowest BCUT2D eigenvalue weighted by Gasteiger charge is -2.26. The van der Waals surface area contributed by atoms with Gasteiger partial charge in [0.15, 0.2) is 36.0 Å². The second kappa shape index (κ2) is 11.8. The second-order valence-corrected chi connectivity index (χ2v) is 16.5. The number of nitrogens with zero attached hydrogens (tertiary/aromatic N) is 9. The van der Waals surface area contributed by atoms with E-state index in [9.17, 15) is 19.6 Å². The van der Waals surface area contributed by atoms with Crippen LogP contribution in [0.3, 0.4) is 0 Å². The first-order chi connectivity index (χ1) is 22.9. The number of halogens is 2. The number of nitro groups is 1. The van der Waals surface area contributed by atoms with E-state index >= 15 is 8.78 Å². The number of nitro benzene ring substituents is 1. The molecule has 3 saturated heterocycles. The zero-order valence-corrected chi connectivity index (χ0v) is 27.2. The van der Waals surface area contributed by atoms with Gasteiger partial charge < -0.3 is 23.5 Å². The van der Waals surface area contributed by atoms with Crippen LogP contribution in [0.25, 0.3) is 28.0 Å². The third kappa shape index (κ3) is 5.52. The fourth-order valence-corrected chi connectivity index (χ4v) is 8.68. The molecule has 10 atom stereocenters. The van der Waals surface area contributed by atoms with E-state index in [1.54, 1.807) is 10.6 Å². The lowest BCUT2D eigenvalue weighted by atomic mass is 10.1. The highest BCUT2D eigenvalue weighted by molar-refractivity contribution is 8.44. The number of imidazole rings is 2. The molecule has 3 aliphatic heterocycles. The number of non-ortho nitro benzene ring substituents is 1. The lowest BCUT2D eigenvalue weighted by Crippen LogP contribution is -2.34. The van der Waals surface area contributed by atoms with E-state index in [1.807, 2.05) is 0 Å². The number of hydrogen-bond donors (Lipinski definition) is 2. The predicted molar refractivity (Wildman–Crippen MR) is 163 cm³/mol. The lowest BCUT2D eigenvalue weighted by molar-refractivity contribution is -0.383. The summed E-state index contributed by atoms with van der Waals surface area (Å²) >= 11 is 9.16. The minimum Gasteiger partial charge on any atom is -0.346 e. The van der Waals surface area contributed by atoms with Gasteiger partial charge in [0, 0.05) is 24.7 Å². The van der Waals surface area contributed by atoms with Gasteiger partial charge in [-0.25, -0.2) is 28.0 Å². The van der Waals surface area contributed by atoms with Crippen LogP contribution in [0.1, 0.15) is 12.5 Å². The van der Waals surface area contributed by atoms with E-state index in [-0.39, 0.29) is 16.7 Å². The molecule has 0 saturated carbocycles. The van der Waals surface area contributed by atoms with E-state index in [1.165, 1.54) is 41.5 Å². The molecule has 0 aliphatic carbocycles. The monoisotopic (exact) mass is 747 g/mol. The number of benzene rings is 1. The third-order valence-electron chi connectivity index (χ3n) is 7.96. The van der Waals surface area contributed by atoms with Crippen molar-refractivity contribution < 1.29 is 50.7 Å². The van der Waals surface area contributed by atoms with E-state index in [0.29, 0.717) is 16.9 Å². The minimum absolute atomic E-state index is 0.0712. The summed E-state index contributed by atoms with van der Waals surface area (Å²) in [5.74, 6) is 0.380. The number of rotatable bonds is 3. The Hall–Kier alpha value is -3.08. The average molecular weight is 748 g/mol. The molecule has 2 bridgehead atoms. The number of hydrogen-bond acceptors (Lipinski definition) is 15. The summed E-state index contributed by atoms with van der Waals surface area (Å²) in [7, 11) is 0. The minimum atomic E-state index is -4.51. The number of aromatic nitrogens is 8. The van der Waals surface area contributed by atoms with Crippen molar-refractivity contribution in [3.63, 3.8) is 0 Å². The summed E-state index contributed by atoms with van der Waals surface area (Å²) in [4.78, 5) is 34.4. The molecule has 0 amide bonds. The van der Waals surface area contributed by atoms with Crippen molar-refractivity contribution >= 4 is 71.2 Å². The Bertz CT molecular complexity index is 2170. The fraction of sp³-hybridized carbons (Fsp3) is 0.435. The zero-order valence-electron chi connectivity index (χ0n) is 23.7. The summed E-state index contributed by atoms with van der Waals surface area (Å²) in [6, 6.07) is 3.99. The van der Waals surface area contributed by atoms with Gasteiger partial charge in [-0.2, -0.15) is 4.98 Å². The SMILES string of the molecule is O=[N+]([O-])c1cccc2c1nnn2[C@@H]1O[C@@H]2COP(O)(=S)O[C@H]3[C@@H](F)[C@H](n4cnc5nc6nccn6c5c4)O[C@@H]3COP(=O)(S)O[C@@H]1[C@@H]2F. The summed E-state index contributed by atoms with van der Waals surface area (Å²) in [6.07, 6.45) is -7.35. The van der Waals surface area contributed by atoms with Gasteiger partial charge in [0.25, 0.3) is 5.69 Å². The van der Waals surface area contributed by atoms with E-state index in [2.05, 4.69) is 37.5 Å². The highest BCUT2D eigenvalue weighted by atomic mass is 32.7. The van der Waals surface area contributed by atoms with Crippen LogP contribution in [0.2, 0.25) is 0 Å².